The first-order valence-electron chi connectivity index (χ1n) is 9.47. The van der Waals surface area contributed by atoms with Crippen LogP contribution in [0.25, 0.3) is 11.2 Å². The van der Waals surface area contributed by atoms with Gasteiger partial charge >= 0.3 is 0 Å². The molecule has 1 aliphatic heterocycles. The molecule has 0 radical (unpaired) electrons. The van der Waals surface area contributed by atoms with Gasteiger partial charge in [0.05, 0.1) is 19.5 Å². The highest BCUT2D eigenvalue weighted by Crippen LogP contribution is 2.31. The Balaban J connectivity index is 1.70. The number of nitrogens with two attached hydrogens (primary N) is 1. The Morgan fingerprint density at radius 1 is 1.19 bits per heavy atom. The third-order valence-corrected chi connectivity index (χ3v) is 6.47. The predicted molar refractivity (Wildman–Crippen MR) is 108 cm³/mol. The molecule has 4 atom stereocenters. The fourth-order valence-corrected chi connectivity index (χ4v) is 4.39. The van der Waals surface area contributed by atoms with Crippen molar-refractivity contribution in [3.8, 4) is 0 Å². The van der Waals surface area contributed by atoms with Crippen LogP contribution in [0.15, 0.2) is 12.7 Å². The number of aliphatic hydroxyl groups excluding tert-OH is 2. The van der Waals surface area contributed by atoms with Crippen LogP contribution in [0.2, 0.25) is 0 Å². The smallest absolute Gasteiger partial charge is 0.279 e. The van der Waals surface area contributed by atoms with Gasteiger partial charge < -0.3 is 30.2 Å². The zero-order valence-electron chi connectivity index (χ0n) is 17.2. The lowest BCUT2D eigenvalue weighted by Gasteiger charge is -2.23. The lowest BCUT2D eigenvalue weighted by Crippen LogP contribution is -2.47. The van der Waals surface area contributed by atoms with E-state index in [1.165, 1.54) is 31.4 Å². The number of fused-ring (bicyclic) bond motifs is 1. The van der Waals surface area contributed by atoms with Crippen LogP contribution < -0.4 is 10.5 Å². The third-order valence-electron chi connectivity index (χ3n) is 4.89. The van der Waals surface area contributed by atoms with Crippen LogP contribution in [0.1, 0.15) is 6.23 Å². The van der Waals surface area contributed by atoms with E-state index >= 15 is 0 Å². The number of anilines is 1. The largest absolute Gasteiger partial charge is 0.387 e. The Hall–Kier alpha value is -1.98. The van der Waals surface area contributed by atoms with Gasteiger partial charge in [0.15, 0.2) is 17.7 Å². The van der Waals surface area contributed by atoms with Crippen molar-refractivity contribution in [2.24, 2.45) is 0 Å². The van der Waals surface area contributed by atoms with Crippen molar-refractivity contribution in [3.63, 3.8) is 0 Å². The lowest BCUT2D eigenvalue weighted by atomic mass is 10.1. The van der Waals surface area contributed by atoms with Crippen LogP contribution in [0.5, 0.6) is 0 Å². The number of nitrogens with one attached hydrogen (secondary N) is 1. The summed E-state index contributed by atoms with van der Waals surface area (Å²) >= 11 is 0. The minimum atomic E-state index is -3.91. The van der Waals surface area contributed by atoms with Gasteiger partial charge in [0.25, 0.3) is 10.2 Å². The second-order valence-corrected chi connectivity index (χ2v) is 8.62. The van der Waals surface area contributed by atoms with Crippen LogP contribution in [0.4, 0.5) is 5.82 Å². The Morgan fingerprint density at radius 2 is 1.87 bits per heavy atom. The van der Waals surface area contributed by atoms with Gasteiger partial charge in [-0.25, -0.2) is 15.0 Å². The number of hydrogen-bond acceptors (Lipinski definition) is 11. The maximum atomic E-state index is 12.7. The van der Waals surface area contributed by atoms with E-state index in [0.29, 0.717) is 11.2 Å². The molecule has 0 saturated carbocycles. The molecule has 31 heavy (non-hydrogen) atoms. The molecule has 2 aromatic heterocycles. The fourth-order valence-electron chi connectivity index (χ4n) is 3.20. The maximum Gasteiger partial charge on any atom is 0.279 e. The summed E-state index contributed by atoms with van der Waals surface area (Å²) in [7, 11) is -0.974. The standard InChI is InChI=1S/C16H27N7O7S/c1-28-5-3-22(4-6-29-2)31(26,27)21-7-10-12(24)13(25)16(30-10)23-9-20-11-14(17)18-8-19-15(11)23/h8-10,12-13,16,21,24-25H,3-7H2,1-2H3,(H2,17,18,19)/t10-,12-,13-,16-/m1/s1. The topological polar surface area (TPSA) is 187 Å². The Kier molecular flexibility index (Phi) is 7.71. The van der Waals surface area contributed by atoms with Gasteiger partial charge in [0.1, 0.15) is 30.2 Å². The second-order valence-electron chi connectivity index (χ2n) is 6.87. The molecule has 15 heteroatoms. The van der Waals surface area contributed by atoms with Gasteiger partial charge in [-0.15, -0.1) is 0 Å². The van der Waals surface area contributed by atoms with Gasteiger partial charge in [-0.2, -0.15) is 17.4 Å². The minimum absolute atomic E-state index is 0.122. The highest BCUT2D eigenvalue weighted by Gasteiger charge is 2.44. The van der Waals surface area contributed by atoms with Crippen LogP contribution in [0, 0.1) is 0 Å². The average Bonchev–Trinajstić information content (AvgIpc) is 3.29. The van der Waals surface area contributed by atoms with Crippen LogP contribution in [0.3, 0.4) is 0 Å². The van der Waals surface area contributed by atoms with E-state index < -0.39 is 34.7 Å². The van der Waals surface area contributed by atoms with Gasteiger partial charge in [-0.3, -0.25) is 4.57 Å². The predicted octanol–water partition coefficient (Wildman–Crippen LogP) is -2.54. The maximum absolute atomic E-state index is 12.7. The molecule has 1 fully saturated rings. The van der Waals surface area contributed by atoms with Crippen molar-refractivity contribution in [3.05, 3.63) is 12.7 Å². The van der Waals surface area contributed by atoms with E-state index in [1.54, 1.807) is 0 Å². The molecule has 0 amide bonds. The molecular weight excluding hydrogens is 434 g/mol. The van der Waals surface area contributed by atoms with Crippen molar-refractivity contribution < 1.29 is 32.8 Å². The van der Waals surface area contributed by atoms with Crippen LogP contribution in [-0.4, -0.2) is 108 Å². The van der Waals surface area contributed by atoms with Crippen molar-refractivity contribution in [2.75, 3.05) is 52.8 Å². The minimum Gasteiger partial charge on any atom is -0.387 e. The number of aliphatic hydroxyl groups is 2. The van der Waals surface area contributed by atoms with Crippen molar-refractivity contribution >= 4 is 27.2 Å². The number of methoxy groups -OCH3 is 2. The van der Waals surface area contributed by atoms with Crippen molar-refractivity contribution in [1.29, 1.82) is 0 Å². The van der Waals surface area contributed by atoms with Gasteiger partial charge in [0, 0.05) is 33.9 Å². The highest BCUT2D eigenvalue weighted by molar-refractivity contribution is 7.87. The zero-order valence-corrected chi connectivity index (χ0v) is 18.0. The molecule has 3 heterocycles. The van der Waals surface area contributed by atoms with E-state index in [-0.39, 0.29) is 38.7 Å². The van der Waals surface area contributed by atoms with Gasteiger partial charge in [0.2, 0.25) is 0 Å². The number of aromatic nitrogens is 4. The van der Waals surface area contributed by atoms with Crippen LogP contribution >= 0.6 is 0 Å². The number of imidazole rings is 1. The second kappa shape index (κ2) is 10.1. The number of nitrogen functional groups attached to an aromatic ring is 1. The van der Waals surface area contributed by atoms with Crippen molar-refractivity contribution in [1.82, 2.24) is 28.5 Å². The molecule has 0 spiro atoms. The van der Waals surface area contributed by atoms with Crippen molar-refractivity contribution in [2.45, 2.75) is 24.5 Å². The molecule has 1 saturated heterocycles. The summed E-state index contributed by atoms with van der Waals surface area (Å²) in [5.41, 5.74) is 6.41. The van der Waals surface area contributed by atoms with E-state index in [4.69, 9.17) is 19.9 Å². The summed E-state index contributed by atoms with van der Waals surface area (Å²) in [5.74, 6) is 0.160. The van der Waals surface area contributed by atoms with Gasteiger partial charge in [-0.1, -0.05) is 0 Å². The Bertz CT molecular complexity index is 964. The highest BCUT2D eigenvalue weighted by atomic mass is 32.2. The first-order chi connectivity index (χ1) is 14.8. The number of ether oxygens (including phenoxy) is 3. The number of nitrogens with zero attached hydrogens (tertiary/aromatic N) is 5. The fraction of sp³-hybridized carbons (Fsp3) is 0.688. The third kappa shape index (κ3) is 5.09. The first kappa shape index (κ1) is 23.7. The zero-order chi connectivity index (χ0) is 22.6. The Morgan fingerprint density at radius 3 is 2.52 bits per heavy atom. The van der Waals surface area contributed by atoms with Gasteiger partial charge in [-0.05, 0) is 0 Å². The molecule has 2 aromatic rings. The summed E-state index contributed by atoms with van der Waals surface area (Å²) in [6, 6.07) is 0. The van der Waals surface area contributed by atoms with E-state index in [9.17, 15) is 18.6 Å². The monoisotopic (exact) mass is 461 g/mol. The molecule has 3 rings (SSSR count). The van der Waals surface area contributed by atoms with E-state index in [0.717, 1.165) is 4.31 Å². The molecule has 5 N–H and O–H groups in total. The Labute approximate surface area is 179 Å². The molecule has 174 valence electrons. The summed E-state index contributed by atoms with van der Waals surface area (Å²) in [6.45, 7) is 0.379. The molecule has 1 aliphatic rings. The molecule has 0 unspecified atom stereocenters. The van der Waals surface area contributed by atoms with Crippen LogP contribution in [-0.2, 0) is 24.4 Å². The molecular formula is C16H27N7O7S. The number of hydrogen-bond donors (Lipinski definition) is 4. The van der Waals surface area contributed by atoms with E-state index in [2.05, 4.69) is 19.7 Å². The summed E-state index contributed by atoms with van der Waals surface area (Å²) in [5, 5.41) is 20.9. The molecule has 14 nitrogen and oxygen atoms in total. The summed E-state index contributed by atoms with van der Waals surface area (Å²) < 4.78 is 46.0. The first-order valence-corrected chi connectivity index (χ1v) is 10.9. The molecule has 0 aliphatic carbocycles. The average molecular weight is 462 g/mol. The lowest BCUT2D eigenvalue weighted by molar-refractivity contribution is -0.0330. The summed E-state index contributed by atoms with van der Waals surface area (Å²) in [4.78, 5) is 12.1. The quantitative estimate of drug-likeness (QED) is 0.276. The molecule has 0 aromatic carbocycles. The normalized spacial score (nSPS) is 24.4. The van der Waals surface area contributed by atoms with E-state index in [1.807, 2.05) is 0 Å². The summed E-state index contributed by atoms with van der Waals surface area (Å²) in [6.07, 6.45) is -2.15. The number of rotatable bonds is 11. The SMILES string of the molecule is COCCN(CCOC)S(=O)(=O)NC[C@H]1O[C@@H](n2cnc3c(N)ncnc32)[C@H](O)[C@@H]1O. The molecule has 0 bridgehead atoms.